The number of ether oxygens (including phenoxy) is 1. The minimum absolute atomic E-state index is 0.672. The minimum Gasteiger partial charge on any atom is -0.455 e. The van der Waals surface area contributed by atoms with Crippen LogP contribution in [0.4, 0.5) is 17.1 Å². The highest BCUT2D eigenvalue weighted by Crippen LogP contribution is 2.65. The van der Waals surface area contributed by atoms with Crippen LogP contribution in [0.25, 0.3) is 66.1 Å². The number of fused-ring (bicyclic) bond motifs is 10. The van der Waals surface area contributed by atoms with Crippen LogP contribution in [0.5, 0.6) is 11.5 Å². The third-order valence-corrected chi connectivity index (χ3v) is 14.6. The van der Waals surface area contributed by atoms with Crippen molar-refractivity contribution >= 4 is 49.8 Å². The van der Waals surface area contributed by atoms with Gasteiger partial charge in [-0.05, 0) is 133 Å². The van der Waals surface area contributed by atoms with Crippen LogP contribution in [-0.4, -0.2) is 0 Å². The van der Waals surface area contributed by atoms with Gasteiger partial charge in [-0.3, -0.25) is 0 Å². The lowest BCUT2D eigenvalue weighted by Crippen LogP contribution is -2.32. The van der Waals surface area contributed by atoms with Gasteiger partial charge in [-0.2, -0.15) is 0 Å². The first-order valence-corrected chi connectivity index (χ1v) is 24.6. The molecule has 0 N–H and O–H groups in total. The second kappa shape index (κ2) is 18.3. The second-order valence-electron chi connectivity index (χ2n) is 18.4. The van der Waals surface area contributed by atoms with Gasteiger partial charge in [-0.15, -0.1) is 0 Å². The third-order valence-electron chi connectivity index (χ3n) is 14.6. The molecule has 10 aromatic carbocycles. The van der Waals surface area contributed by atoms with Crippen molar-refractivity contribution in [3.63, 3.8) is 0 Å². The van der Waals surface area contributed by atoms with Gasteiger partial charge >= 0.3 is 0 Å². The number of anilines is 3. The van der Waals surface area contributed by atoms with Crippen molar-refractivity contribution in [3.8, 4) is 44.9 Å². The molecule has 72 heavy (non-hydrogen) atoms. The standard InChI is InChI=1S/C70H51NO/c1-5-19-47(7-3)55-43-56(48-21-11-9-12-22-48)45-59(44-55)71(57-25-13-10-14-26-57)58-38-33-50(34-39-58)49-29-31-51(32-30-49)54-35-40-63-60(8-4)64(20-6-2)70(67(63)46-54)65-41-36-52-23-15-17-27-61(52)68(65)72-69-62-28-18-16-24-53(62)37-42-66(69)70/h5-46H,1-3H2,4H3/b47-19+,60-8-,64-20+. The van der Waals surface area contributed by atoms with Gasteiger partial charge in [0.15, 0.2) is 0 Å². The molecule has 1 aliphatic heterocycles. The summed E-state index contributed by atoms with van der Waals surface area (Å²) in [6, 6.07) is 79.0. The number of hydrogen-bond donors (Lipinski definition) is 0. The van der Waals surface area contributed by atoms with Gasteiger partial charge in [0.1, 0.15) is 11.5 Å². The minimum atomic E-state index is -0.672. The average Bonchev–Trinajstić information content (AvgIpc) is 3.72. The quantitative estimate of drug-likeness (QED) is 0.127. The van der Waals surface area contributed by atoms with E-state index in [1.54, 1.807) is 0 Å². The fraction of sp³-hybridized carbons (Fsp3) is 0.0286. The van der Waals surface area contributed by atoms with Gasteiger partial charge in [0.2, 0.25) is 0 Å². The first-order chi connectivity index (χ1) is 35.5. The lowest BCUT2D eigenvalue weighted by molar-refractivity contribution is 0.447. The summed E-state index contributed by atoms with van der Waals surface area (Å²) in [6.45, 7) is 14.6. The van der Waals surface area contributed by atoms with Crippen molar-refractivity contribution in [3.05, 3.63) is 308 Å². The van der Waals surface area contributed by atoms with Crippen LogP contribution < -0.4 is 9.64 Å². The molecule has 10 aromatic rings. The van der Waals surface area contributed by atoms with E-state index in [4.69, 9.17) is 4.74 Å². The maximum atomic E-state index is 7.20. The van der Waals surface area contributed by atoms with Gasteiger partial charge < -0.3 is 9.64 Å². The maximum Gasteiger partial charge on any atom is 0.140 e. The maximum absolute atomic E-state index is 7.20. The third kappa shape index (κ3) is 7.19. The molecule has 0 radical (unpaired) electrons. The highest BCUT2D eigenvalue weighted by molar-refractivity contribution is 6.03. The smallest absolute Gasteiger partial charge is 0.140 e. The van der Waals surface area contributed by atoms with E-state index in [1.165, 1.54) is 22.3 Å². The first-order valence-electron chi connectivity index (χ1n) is 24.6. The molecule has 12 rings (SSSR count). The Balaban J connectivity index is 0.951. The molecule has 342 valence electrons. The van der Waals surface area contributed by atoms with Gasteiger partial charge in [-0.1, -0.05) is 226 Å². The van der Waals surface area contributed by atoms with Crippen LogP contribution in [0.2, 0.25) is 0 Å². The van der Waals surface area contributed by atoms with E-state index in [0.717, 1.165) is 106 Å². The van der Waals surface area contributed by atoms with E-state index in [2.05, 4.69) is 262 Å². The summed E-state index contributed by atoms with van der Waals surface area (Å²) in [5.41, 5.74) is 18.5. The fourth-order valence-corrected chi connectivity index (χ4v) is 11.3. The molecular formula is C70H51NO. The Morgan fingerprint density at radius 3 is 1.60 bits per heavy atom. The normalized spacial score (nSPS) is 14.4. The summed E-state index contributed by atoms with van der Waals surface area (Å²) in [4.78, 5) is 2.33. The number of rotatable bonds is 10. The molecule has 1 aliphatic carbocycles. The number of nitrogens with zero attached hydrogens (tertiary/aromatic N) is 1. The molecule has 0 amide bonds. The monoisotopic (exact) mass is 921 g/mol. The molecule has 2 nitrogen and oxygen atoms in total. The van der Waals surface area contributed by atoms with E-state index in [9.17, 15) is 0 Å². The number of benzene rings is 10. The van der Waals surface area contributed by atoms with Gasteiger partial charge in [0, 0.05) is 39.0 Å². The van der Waals surface area contributed by atoms with E-state index in [0.29, 0.717) is 0 Å². The lowest BCUT2D eigenvalue weighted by atomic mass is 9.64. The first kappa shape index (κ1) is 44.0. The van der Waals surface area contributed by atoms with Crippen LogP contribution >= 0.6 is 0 Å². The Morgan fingerprint density at radius 1 is 0.458 bits per heavy atom. The average molecular weight is 922 g/mol. The van der Waals surface area contributed by atoms with Crippen molar-refractivity contribution in [1.82, 2.24) is 0 Å². The molecule has 0 unspecified atom stereocenters. The van der Waals surface area contributed by atoms with Crippen molar-refractivity contribution in [2.75, 3.05) is 4.90 Å². The Morgan fingerprint density at radius 2 is 1.00 bits per heavy atom. The van der Waals surface area contributed by atoms with Crippen molar-refractivity contribution < 1.29 is 4.74 Å². The molecule has 0 bridgehead atoms. The highest BCUT2D eigenvalue weighted by atomic mass is 16.5. The number of allylic oxidation sites excluding steroid dienone is 9. The Hall–Kier alpha value is -9.24. The van der Waals surface area contributed by atoms with Gasteiger partial charge in [-0.25, -0.2) is 0 Å². The molecule has 1 heterocycles. The van der Waals surface area contributed by atoms with E-state index < -0.39 is 5.41 Å². The Bertz CT molecular complexity index is 3790. The summed E-state index contributed by atoms with van der Waals surface area (Å²) in [7, 11) is 0. The Kier molecular flexibility index (Phi) is 11.2. The zero-order valence-corrected chi connectivity index (χ0v) is 40.2. The molecule has 1 spiro atoms. The zero-order valence-electron chi connectivity index (χ0n) is 40.2. The number of hydrogen-bond acceptors (Lipinski definition) is 2. The summed E-state index contributed by atoms with van der Waals surface area (Å²) in [5.74, 6) is 1.80. The molecule has 0 atom stereocenters. The summed E-state index contributed by atoms with van der Waals surface area (Å²) < 4.78 is 7.20. The predicted octanol–water partition coefficient (Wildman–Crippen LogP) is 19.2. The molecule has 2 heteroatoms. The van der Waals surface area contributed by atoms with Gasteiger partial charge in [0.25, 0.3) is 0 Å². The molecule has 2 aliphatic rings. The molecule has 0 aromatic heterocycles. The largest absolute Gasteiger partial charge is 0.455 e. The van der Waals surface area contributed by atoms with Gasteiger partial charge in [0.05, 0.1) is 5.41 Å². The number of para-hydroxylation sites is 1. The summed E-state index contributed by atoms with van der Waals surface area (Å²) in [6.07, 6.45) is 12.1. The Labute approximate surface area is 422 Å². The van der Waals surface area contributed by atoms with Crippen LogP contribution in [-0.2, 0) is 5.41 Å². The van der Waals surface area contributed by atoms with Crippen LogP contribution in [0.3, 0.4) is 0 Å². The van der Waals surface area contributed by atoms with Crippen LogP contribution in [0.15, 0.2) is 280 Å². The molecule has 0 fully saturated rings. The summed E-state index contributed by atoms with van der Waals surface area (Å²) in [5, 5.41) is 4.49. The molecular weight excluding hydrogens is 871 g/mol. The second-order valence-corrected chi connectivity index (χ2v) is 18.4. The SMILES string of the molecule is C=C/C=C(\C=C)c1cc(-c2ccccc2)cc(N(c2ccccc2)c2ccc(-c3ccc(-c4ccc5c(c4)C4(C(=C/C=C)/C5=C\C)c5ccc6ccccc6c5Oc5c4ccc4ccccc54)cc3)cc2)c1. The molecule has 0 saturated carbocycles. The van der Waals surface area contributed by atoms with Crippen molar-refractivity contribution in [1.29, 1.82) is 0 Å². The van der Waals surface area contributed by atoms with E-state index >= 15 is 0 Å². The molecule has 0 saturated heterocycles. The zero-order chi connectivity index (χ0) is 48.8. The highest BCUT2D eigenvalue weighted by Gasteiger charge is 2.53. The van der Waals surface area contributed by atoms with Crippen LogP contribution in [0, 0.1) is 0 Å². The lowest BCUT2D eigenvalue weighted by Gasteiger charge is -2.40. The van der Waals surface area contributed by atoms with E-state index in [1.807, 2.05) is 24.3 Å². The predicted molar refractivity (Wildman–Crippen MR) is 306 cm³/mol. The van der Waals surface area contributed by atoms with Crippen molar-refractivity contribution in [2.24, 2.45) is 0 Å². The fourth-order valence-electron chi connectivity index (χ4n) is 11.3. The van der Waals surface area contributed by atoms with E-state index in [-0.39, 0.29) is 0 Å². The summed E-state index contributed by atoms with van der Waals surface area (Å²) >= 11 is 0. The van der Waals surface area contributed by atoms with Crippen LogP contribution in [0.1, 0.15) is 34.7 Å². The van der Waals surface area contributed by atoms with Crippen molar-refractivity contribution in [2.45, 2.75) is 12.3 Å². The topological polar surface area (TPSA) is 12.5 Å².